The lowest BCUT2D eigenvalue weighted by Crippen LogP contribution is -2.45. The Balaban J connectivity index is 1.79. The van der Waals surface area contributed by atoms with Crippen LogP contribution in [0, 0.1) is 5.92 Å². The fraction of sp³-hybridized carbons (Fsp3) is 0.588. The Bertz CT molecular complexity index is 476. The van der Waals surface area contributed by atoms with Crippen molar-refractivity contribution in [3.05, 3.63) is 35.9 Å². The molecule has 0 spiro atoms. The number of hydrogen-bond acceptors (Lipinski definition) is 3. The first kappa shape index (κ1) is 16.8. The van der Waals surface area contributed by atoms with Crippen LogP contribution in [-0.2, 0) is 9.47 Å². The maximum absolute atomic E-state index is 11.9. The lowest BCUT2D eigenvalue weighted by molar-refractivity contribution is 0.0253. The highest BCUT2D eigenvalue weighted by Gasteiger charge is 2.29. The summed E-state index contributed by atoms with van der Waals surface area (Å²) in [6.45, 7) is 5.69. The summed E-state index contributed by atoms with van der Waals surface area (Å²) < 4.78 is 11.1. The summed E-state index contributed by atoms with van der Waals surface area (Å²) in [5.74, 6) is 0.309. The van der Waals surface area contributed by atoms with Crippen LogP contribution < -0.4 is 10.6 Å². The number of amides is 2. The van der Waals surface area contributed by atoms with E-state index in [9.17, 15) is 4.79 Å². The molecule has 122 valence electrons. The van der Waals surface area contributed by atoms with Crippen molar-refractivity contribution in [2.75, 3.05) is 26.8 Å². The van der Waals surface area contributed by atoms with E-state index >= 15 is 0 Å². The van der Waals surface area contributed by atoms with E-state index < -0.39 is 0 Å². The van der Waals surface area contributed by atoms with E-state index in [-0.39, 0.29) is 17.7 Å². The number of carbonyl (C=O) groups is 1. The largest absolute Gasteiger partial charge is 0.377 e. The van der Waals surface area contributed by atoms with E-state index in [0.717, 1.165) is 13.0 Å². The van der Waals surface area contributed by atoms with Gasteiger partial charge < -0.3 is 20.1 Å². The van der Waals surface area contributed by atoms with Crippen LogP contribution in [0.4, 0.5) is 4.79 Å². The van der Waals surface area contributed by atoms with Gasteiger partial charge in [-0.1, -0.05) is 30.3 Å². The molecule has 1 aromatic carbocycles. The highest BCUT2D eigenvalue weighted by molar-refractivity contribution is 5.73. The number of rotatable bonds is 6. The molecule has 0 aliphatic carbocycles. The molecule has 1 fully saturated rings. The van der Waals surface area contributed by atoms with Crippen molar-refractivity contribution >= 4 is 6.03 Å². The van der Waals surface area contributed by atoms with E-state index in [1.807, 2.05) is 32.0 Å². The van der Waals surface area contributed by atoms with E-state index in [1.54, 1.807) is 7.11 Å². The SMILES string of the molecule is COC(C)(C)CNC(=O)NC[C@H]1CCO[C@@H]1c1ccccc1. The van der Waals surface area contributed by atoms with Crippen LogP contribution in [0.1, 0.15) is 31.9 Å². The number of carbonyl (C=O) groups excluding carboxylic acids is 1. The van der Waals surface area contributed by atoms with Gasteiger partial charge in [0.25, 0.3) is 0 Å². The third-order valence-corrected chi connectivity index (χ3v) is 4.09. The molecule has 1 saturated heterocycles. The first-order valence-electron chi connectivity index (χ1n) is 7.75. The number of nitrogens with one attached hydrogen (secondary N) is 2. The average Bonchev–Trinajstić information content (AvgIpc) is 3.00. The van der Waals surface area contributed by atoms with Gasteiger partial charge in [-0.15, -0.1) is 0 Å². The van der Waals surface area contributed by atoms with Crippen molar-refractivity contribution < 1.29 is 14.3 Å². The Morgan fingerprint density at radius 2 is 2.05 bits per heavy atom. The first-order valence-corrected chi connectivity index (χ1v) is 7.75. The number of methoxy groups -OCH3 is 1. The highest BCUT2D eigenvalue weighted by Crippen LogP contribution is 2.33. The van der Waals surface area contributed by atoms with Crippen molar-refractivity contribution in [3.63, 3.8) is 0 Å². The number of hydrogen-bond donors (Lipinski definition) is 2. The van der Waals surface area contributed by atoms with Crippen LogP contribution in [0.3, 0.4) is 0 Å². The smallest absolute Gasteiger partial charge is 0.314 e. The molecule has 22 heavy (non-hydrogen) atoms. The molecule has 2 amide bonds. The van der Waals surface area contributed by atoms with Gasteiger partial charge in [0.05, 0.1) is 11.7 Å². The molecule has 5 heteroatoms. The zero-order valence-electron chi connectivity index (χ0n) is 13.6. The van der Waals surface area contributed by atoms with Gasteiger partial charge in [-0.05, 0) is 25.8 Å². The number of ether oxygens (including phenoxy) is 2. The predicted octanol–water partition coefficient (Wildman–Crippen LogP) is 2.49. The standard InChI is InChI=1S/C17H26N2O3/c1-17(2,21-3)12-19-16(20)18-11-14-9-10-22-15(14)13-7-5-4-6-8-13/h4-8,14-15H,9-12H2,1-3H3,(H2,18,19,20)/t14-,15-/m1/s1. The first-order chi connectivity index (χ1) is 10.5. The molecule has 0 saturated carbocycles. The molecule has 5 nitrogen and oxygen atoms in total. The quantitative estimate of drug-likeness (QED) is 0.849. The molecular weight excluding hydrogens is 280 g/mol. The second-order valence-electron chi connectivity index (χ2n) is 6.28. The topological polar surface area (TPSA) is 59.6 Å². The summed E-state index contributed by atoms with van der Waals surface area (Å²) >= 11 is 0. The van der Waals surface area contributed by atoms with Crippen LogP contribution in [-0.4, -0.2) is 38.4 Å². The van der Waals surface area contributed by atoms with E-state index in [4.69, 9.17) is 9.47 Å². The summed E-state index contributed by atoms with van der Waals surface area (Å²) in [5, 5.41) is 5.77. The van der Waals surface area contributed by atoms with Crippen molar-refractivity contribution in [1.82, 2.24) is 10.6 Å². The molecule has 2 rings (SSSR count). The summed E-state index contributed by atoms with van der Waals surface area (Å²) in [5.41, 5.74) is 0.813. The monoisotopic (exact) mass is 306 g/mol. The maximum atomic E-state index is 11.9. The molecule has 0 unspecified atom stereocenters. The third-order valence-electron chi connectivity index (χ3n) is 4.09. The van der Waals surface area contributed by atoms with Crippen LogP contribution in [0.25, 0.3) is 0 Å². The van der Waals surface area contributed by atoms with Gasteiger partial charge in [-0.2, -0.15) is 0 Å². The van der Waals surface area contributed by atoms with Crippen molar-refractivity contribution in [2.45, 2.75) is 32.0 Å². The van der Waals surface area contributed by atoms with Crippen molar-refractivity contribution in [2.24, 2.45) is 5.92 Å². The second kappa shape index (κ2) is 7.61. The summed E-state index contributed by atoms with van der Waals surface area (Å²) in [4.78, 5) is 11.9. The lowest BCUT2D eigenvalue weighted by atomic mass is 9.95. The van der Waals surface area contributed by atoms with Crippen LogP contribution >= 0.6 is 0 Å². The Hall–Kier alpha value is -1.59. The molecule has 0 radical (unpaired) electrons. The van der Waals surface area contributed by atoms with Crippen LogP contribution in [0.2, 0.25) is 0 Å². The Morgan fingerprint density at radius 3 is 2.73 bits per heavy atom. The van der Waals surface area contributed by atoms with Crippen LogP contribution in [0.15, 0.2) is 30.3 Å². The van der Waals surface area contributed by atoms with Gasteiger partial charge in [0.2, 0.25) is 0 Å². The average molecular weight is 306 g/mol. The Morgan fingerprint density at radius 1 is 1.32 bits per heavy atom. The van der Waals surface area contributed by atoms with Gasteiger partial charge in [0.15, 0.2) is 0 Å². The van der Waals surface area contributed by atoms with E-state index in [2.05, 4.69) is 22.8 Å². The van der Waals surface area contributed by atoms with Gasteiger partial charge in [0, 0.05) is 32.7 Å². The Labute approximate surface area is 132 Å². The summed E-state index contributed by atoms with van der Waals surface area (Å²) in [6.07, 6.45) is 1.03. The van der Waals surface area contributed by atoms with Gasteiger partial charge in [-0.3, -0.25) is 0 Å². The van der Waals surface area contributed by atoms with Crippen molar-refractivity contribution in [1.29, 1.82) is 0 Å². The van der Waals surface area contributed by atoms with Gasteiger partial charge in [0.1, 0.15) is 0 Å². The minimum Gasteiger partial charge on any atom is -0.377 e. The minimum absolute atomic E-state index is 0.0666. The maximum Gasteiger partial charge on any atom is 0.314 e. The fourth-order valence-electron chi connectivity index (χ4n) is 2.51. The second-order valence-corrected chi connectivity index (χ2v) is 6.28. The lowest BCUT2D eigenvalue weighted by Gasteiger charge is -2.24. The molecule has 0 aromatic heterocycles. The normalized spacial score (nSPS) is 21.6. The van der Waals surface area contributed by atoms with Gasteiger partial charge >= 0.3 is 6.03 Å². The molecule has 1 heterocycles. The molecular formula is C17H26N2O3. The molecule has 2 atom stereocenters. The molecule has 1 aromatic rings. The summed E-state index contributed by atoms with van der Waals surface area (Å²) in [6, 6.07) is 10.0. The number of benzene rings is 1. The minimum atomic E-state index is -0.361. The number of urea groups is 1. The van der Waals surface area contributed by atoms with Gasteiger partial charge in [-0.25, -0.2) is 4.79 Å². The predicted molar refractivity (Wildman–Crippen MR) is 85.7 cm³/mol. The summed E-state index contributed by atoms with van der Waals surface area (Å²) in [7, 11) is 1.64. The molecule has 0 bridgehead atoms. The van der Waals surface area contributed by atoms with Crippen molar-refractivity contribution in [3.8, 4) is 0 Å². The zero-order chi connectivity index (χ0) is 16.0. The fourth-order valence-corrected chi connectivity index (χ4v) is 2.51. The van der Waals surface area contributed by atoms with E-state index in [1.165, 1.54) is 5.56 Å². The Kier molecular flexibility index (Phi) is 5.80. The van der Waals surface area contributed by atoms with E-state index in [0.29, 0.717) is 19.0 Å². The third kappa shape index (κ3) is 4.71. The zero-order valence-corrected chi connectivity index (χ0v) is 13.6. The molecule has 1 aliphatic heterocycles. The molecule has 1 aliphatic rings. The molecule has 2 N–H and O–H groups in total. The highest BCUT2D eigenvalue weighted by atomic mass is 16.5. The van der Waals surface area contributed by atoms with Crippen LogP contribution in [0.5, 0.6) is 0 Å².